The summed E-state index contributed by atoms with van der Waals surface area (Å²) in [6.45, 7) is 7.20. The summed E-state index contributed by atoms with van der Waals surface area (Å²) in [5.74, 6) is -0.399. The van der Waals surface area contributed by atoms with Crippen LogP contribution < -0.4 is 5.32 Å². The minimum atomic E-state index is -0.270. The first kappa shape index (κ1) is 17.2. The fourth-order valence-corrected chi connectivity index (χ4v) is 3.34. The third-order valence-electron chi connectivity index (χ3n) is 4.64. The van der Waals surface area contributed by atoms with E-state index in [1.165, 1.54) is 0 Å². The van der Waals surface area contributed by atoms with Gasteiger partial charge in [-0.15, -0.1) is 0 Å². The zero-order valence-electron chi connectivity index (χ0n) is 15.0. The Bertz CT molecular complexity index is 796. The Labute approximate surface area is 147 Å². The van der Waals surface area contributed by atoms with E-state index in [0.29, 0.717) is 13.1 Å². The molecule has 1 aliphatic rings. The highest BCUT2D eigenvalue weighted by molar-refractivity contribution is 6.03. The van der Waals surface area contributed by atoms with E-state index in [2.05, 4.69) is 10.4 Å². The van der Waals surface area contributed by atoms with Gasteiger partial charge in [-0.25, -0.2) is 0 Å². The van der Waals surface area contributed by atoms with Crippen LogP contribution in [0.3, 0.4) is 0 Å². The number of hydrogen-bond acceptors (Lipinski definition) is 3. The van der Waals surface area contributed by atoms with Gasteiger partial charge in [-0.3, -0.25) is 14.3 Å². The second-order valence-electron chi connectivity index (χ2n) is 6.69. The zero-order chi connectivity index (χ0) is 18.0. The molecular weight excluding hydrogens is 316 g/mol. The molecule has 1 aromatic heterocycles. The quantitative estimate of drug-likeness (QED) is 0.870. The number of aryl methyl sites for hydroxylation is 3. The standard InChI is InChI=1S/C19H24N4O2/c1-13-6-4-5-7-17(13)20-18(24)11-19(25)22-9-8-16(12-22)23-15(3)10-14(2)21-23/h4-7,10,16H,8-9,11-12H2,1-3H3,(H,20,24). The lowest BCUT2D eigenvalue weighted by molar-refractivity contribution is -0.133. The third kappa shape index (κ3) is 3.90. The largest absolute Gasteiger partial charge is 0.340 e. The SMILES string of the molecule is Cc1cc(C)n(C2CCN(C(=O)CC(=O)Nc3ccccc3C)C2)n1. The first-order valence-electron chi connectivity index (χ1n) is 8.60. The Hall–Kier alpha value is -2.63. The number of likely N-dealkylation sites (tertiary alicyclic amines) is 1. The van der Waals surface area contributed by atoms with Crippen molar-refractivity contribution in [2.45, 2.75) is 39.7 Å². The number of para-hydroxylation sites is 1. The maximum absolute atomic E-state index is 12.4. The van der Waals surface area contributed by atoms with Crippen molar-refractivity contribution in [3.63, 3.8) is 0 Å². The molecular formula is C19H24N4O2. The van der Waals surface area contributed by atoms with Gasteiger partial charge in [0.25, 0.3) is 0 Å². The molecule has 3 rings (SSSR count). The lowest BCUT2D eigenvalue weighted by Crippen LogP contribution is -2.32. The van der Waals surface area contributed by atoms with E-state index >= 15 is 0 Å². The Balaban J connectivity index is 1.56. The molecule has 6 nitrogen and oxygen atoms in total. The van der Waals surface area contributed by atoms with Crippen LogP contribution in [-0.4, -0.2) is 39.6 Å². The predicted octanol–water partition coefficient (Wildman–Crippen LogP) is 2.61. The second kappa shape index (κ2) is 7.09. The van der Waals surface area contributed by atoms with Gasteiger partial charge in [-0.2, -0.15) is 5.10 Å². The monoisotopic (exact) mass is 340 g/mol. The van der Waals surface area contributed by atoms with Gasteiger partial charge < -0.3 is 10.2 Å². The maximum Gasteiger partial charge on any atom is 0.233 e. The summed E-state index contributed by atoms with van der Waals surface area (Å²) in [4.78, 5) is 26.4. The zero-order valence-corrected chi connectivity index (χ0v) is 15.0. The molecule has 2 aromatic rings. The molecule has 2 heterocycles. The summed E-state index contributed by atoms with van der Waals surface area (Å²) in [5, 5.41) is 7.33. The molecule has 1 aromatic carbocycles. The van der Waals surface area contributed by atoms with Crippen LogP contribution in [0.15, 0.2) is 30.3 Å². The van der Waals surface area contributed by atoms with Crippen molar-refractivity contribution in [2.75, 3.05) is 18.4 Å². The molecule has 1 fully saturated rings. The molecule has 0 aliphatic carbocycles. The number of carbonyl (C=O) groups excluding carboxylic acids is 2. The normalized spacial score (nSPS) is 16.9. The highest BCUT2D eigenvalue weighted by atomic mass is 16.2. The van der Waals surface area contributed by atoms with Crippen LogP contribution in [0.2, 0.25) is 0 Å². The lowest BCUT2D eigenvalue weighted by Gasteiger charge is -2.17. The van der Waals surface area contributed by atoms with Crippen molar-refractivity contribution in [1.29, 1.82) is 0 Å². The number of carbonyl (C=O) groups is 2. The Morgan fingerprint density at radius 1 is 1.24 bits per heavy atom. The summed E-state index contributed by atoms with van der Waals surface area (Å²) >= 11 is 0. The molecule has 0 bridgehead atoms. The molecule has 0 radical (unpaired) electrons. The summed E-state index contributed by atoms with van der Waals surface area (Å²) in [6.07, 6.45) is 0.741. The number of aromatic nitrogens is 2. The van der Waals surface area contributed by atoms with Crippen LogP contribution >= 0.6 is 0 Å². The van der Waals surface area contributed by atoms with Crippen molar-refractivity contribution in [2.24, 2.45) is 0 Å². The van der Waals surface area contributed by atoms with E-state index in [1.807, 2.05) is 55.8 Å². The lowest BCUT2D eigenvalue weighted by atomic mass is 10.2. The van der Waals surface area contributed by atoms with E-state index in [1.54, 1.807) is 4.90 Å². The van der Waals surface area contributed by atoms with Gasteiger partial charge in [0.05, 0.1) is 11.7 Å². The molecule has 132 valence electrons. The fourth-order valence-electron chi connectivity index (χ4n) is 3.34. The highest BCUT2D eigenvalue weighted by Crippen LogP contribution is 2.23. The first-order valence-corrected chi connectivity index (χ1v) is 8.60. The van der Waals surface area contributed by atoms with Crippen LogP contribution in [-0.2, 0) is 9.59 Å². The van der Waals surface area contributed by atoms with Crippen molar-refractivity contribution in [1.82, 2.24) is 14.7 Å². The van der Waals surface area contributed by atoms with E-state index in [-0.39, 0.29) is 24.3 Å². The van der Waals surface area contributed by atoms with Crippen molar-refractivity contribution in [3.05, 3.63) is 47.3 Å². The fraction of sp³-hybridized carbons (Fsp3) is 0.421. The number of nitrogens with zero attached hydrogens (tertiary/aromatic N) is 3. The molecule has 0 saturated carbocycles. The molecule has 1 unspecified atom stereocenters. The van der Waals surface area contributed by atoms with Crippen LogP contribution in [0.5, 0.6) is 0 Å². The second-order valence-corrected chi connectivity index (χ2v) is 6.69. The number of benzene rings is 1. The molecule has 0 spiro atoms. The van der Waals surface area contributed by atoms with Gasteiger partial charge in [0, 0.05) is 24.5 Å². The van der Waals surface area contributed by atoms with Crippen LogP contribution in [0.25, 0.3) is 0 Å². The number of anilines is 1. The maximum atomic E-state index is 12.4. The van der Waals surface area contributed by atoms with E-state index in [9.17, 15) is 9.59 Å². The minimum Gasteiger partial charge on any atom is -0.340 e. The van der Waals surface area contributed by atoms with Crippen LogP contribution in [0, 0.1) is 20.8 Å². The Kier molecular flexibility index (Phi) is 4.88. The highest BCUT2D eigenvalue weighted by Gasteiger charge is 2.29. The number of nitrogens with one attached hydrogen (secondary N) is 1. The molecule has 25 heavy (non-hydrogen) atoms. The van der Waals surface area contributed by atoms with E-state index < -0.39 is 0 Å². The molecule has 1 aliphatic heterocycles. The minimum absolute atomic E-state index is 0.127. The van der Waals surface area contributed by atoms with E-state index in [0.717, 1.165) is 29.1 Å². The predicted molar refractivity (Wildman–Crippen MR) is 96.4 cm³/mol. The van der Waals surface area contributed by atoms with Gasteiger partial charge in [0.2, 0.25) is 11.8 Å². The van der Waals surface area contributed by atoms with Crippen LogP contribution in [0.4, 0.5) is 5.69 Å². The topological polar surface area (TPSA) is 67.2 Å². The summed E-state index contributed by atoms with van der Waals surface area (Å²) < 4.78 is 2.00. The molecule has 6 heteroatoms. The number of rotatable bonds is 4. The summed E-state index contributed by atoms with van der Waals surface area (Å²) in [7, 11) is 0. The number of amides is 2. The van der Waals surface area contributed by atoms with Gasteiger partial charge in [-0.05, 0) is 44.9 Å². The van der Waals surface area contributed by atoms with Crippen molar-refractivity contribution in [3.8, 4) is 0 Å². The summed E-state index contributed by atoms with van der Waals surface area (Å²) in [6, 6.07) is 9.78. The van der Waals surface area contributed by atoms with Gasteiger partial charge in [-0.1, -0.05) is 18.2 Å². The van der Waals surface area contributed by atoms with Gasteiger partial charge in [0.1, 0.15) is 6.42 Å². The van der Waals surface area contributed by atoms with E-state index in [4.69, 9.17) is 0 Å². The molecule has 2 amide bonds. The smallest absolute Gasteiger partial charge is 0.233 e. The van der Waals surface area contributed by atoms with Crippen LogP contribution in [0.1, 0.15) is 35.8 Å². The Morgan fingerprint density at radius 2 is 2.00 bits per heavy atom. The number of hydrogen-bond donors (Lipinski definition) is 1. The molecule has 1 N–H and O–H groups in total. The Morgan fingerprint density at radius 3 is 2.68 bits per heavy atom. The average Bonchev–Trinajstić information content (AvgIpc) is 3.16. The molecule has 1 atom stereocenters. The average molecular weight is 340 g/mol. The third-order valence-corrected chi connectivity index (χ3v) is 4.64. The molecule has 1 saturated heterocycles. The van der Waals surface area contributed by atoms with Crippen molar-refractivity contribution < 1.29 is 9.59 Å². The van der Waals surface area contributed by atoms with Crippen molar-refractivity contribution >= 4 is 17.5 Å². The van der Waals surface area contributed by atoms with Gasteiger partial charge in [0.15, 0.2) is 0 Å². The van der Waals surface area contributed by atoms with Gasteiger partial charge >= 0.3 is 0 Å². The first-order chi connectivity index (χ1) is 11.9. The summed E-state index contributed by atoms with van der Waals surface area (Å²) in [5.41, 5.74) is 3.82.